The third kappa shape index (κ3) is 1.59. The summed E-state index contributed by atoms with van der Waals surface area (Å²) in [4.78, 5) is 0. The molecule has 2 aromatic rings. The maximum absolute atomic E-state index is 5.29. The van der Waals surface area contributed by atoms with Gasteiger partial charge in [0.1, 0.15) is 5.01 Å². The van der Waals surface area contributed by atoms with Crippen molar-refractivity contribution in [3.63, 3.8) is 0 Å². The molecule has 0 saturated carbocycles. The standard InChI is InChI=1S/C9H5BrN2O2S/c10-9-12-11-8(15-9)5-1-2-6-7(3-5)14-4-13-6/h1-3H,4H2. The van der Waals surface area contributed by atoms with Crippen LogP contribution in [0.5, 0.6) is 11.5 Å². The molecule has 1 aliphatic rings. The first-order valence-electron chi connectivity index (χ1n) is 4.22. The lowest BCUT2D eigenvalue weighted by Crippen LogP contribution is -1.92. The number of fused-ring (bicyclic) bond motifs is 1. The molecule has 0 N–H and O–H groups in total. The smallest absolute Gasteiger partial charge is 0.231 e. The van der Waals surface area contributed by atoms with E-state index in [0.29, 0.717) is 6.79 Å². The Hall–Kier alpha value is -1.14. The van der Waals surface area contributed by atoms with Gasteiger partial charge in [-0.25, -0.2) is 0 Å². The second-order valence-electron chi connectivity index (χ2n) is 2.93. The van der Waals surface area contributed by atoms with Crippen molar-refractivity contribution in [2.24, 2.45) is 0 Å². The van der Waals surface area contributed by atoms with Gasteiger partial charge in [-0.05, 0) is 34.1 Å². The van der Waals surface area contributed by atoms with Gasteiger partial charge in [-0.2, -0.15) is 0 Å². The Morgan fingerprint density at radius 1 is 1.20 bits per heavy atom. The molecule has 6 heteroatoms. The molecule has 0 fully saturated rings. The summed E-state index contributed by atoms with van der Waals surface area (Å²) in [6.07, 6.45) is 0. The Kier molecular flexibility index (Phi) is 2.10. The highest BCUT2D eigenvalue weighted by Crippen LogP contribution is 2.37. The first-order chi connectivity index (χ1) is 7.33. The Morgan fingerprint density at radius 2 is 2.07 bits per heavy atom. The highest BCUT2D eigenvalue weighted by molar-refractivity contribution is 9.11. The molecule has 76 valence electrons. The molecule has 1 aromatic carbocycles. The molecule has 0 unspecified atom stereocenters. The summed E-state index contributed by atoms with van der Waals surface area (Å²) in [7, 11) is 0. The quantitative estimate of drug-likeness (QED) is 0.808. The van der Waals surface area contributed by atoms with Crippen LogP contribution in [0.25, 0.3) is 10.6 Å². The van der Waals surface area contributed by atoms with Crippen LogP contribution in [0.15, 0.2) is 22.1 Å². The summed E-state index contributed by atoms with van der Waals surface area (Å²) >= 11 is 4.77. The molecule has 1 aromatic heterocycles. The van der Waals surface area contributed by atoms with Gasteiger partial charge in [0, 0.05) is 5.56 Å². The van der Waals surface area contributed by atoms with E-state index < -0.39 is 0 Å². The van der Waals surface area contributed by atoms with Gasteiger partial charge in [-0.15, -0.1) is 10.2 Å². The number of halogens is 1. The van der Waals surface area contributed by atoms with Crippen molar-refractivity contribution in [3.8, 4) is 22.1 Å². The number of nitrogens with zero attached hydrogens (tertiary/aromatic N) is 2. The number of hydrogen-bond donors (Lipinski definition) is 0. The maximum Gasteiger partial charge on any atom is 0.231 e. The van der Waals surface area contributed by atoms with Crippen LogP contribution < -0.4 is 9.47 Å². The largest absolute Gasteiger partial charge is 0.454 e. The van der Waals surface area contributed by atoms with Crippen molar-refractivity contribution in [2.45, 2.75) is 0 Å². The molecule has 0 bridgehead atoms. The molecule has 0 aliphatic carbocycles. The third-order valence-electron chi connectivity index (χ3n) is 2.02. The number of aromatic nitrogens is 2. The van der Waals surface area contributed by atoms with Gasteiger partial charge in [-0.3, -0.25) is 0 Å². The normalized spacial score (nSPS) is 13.1. The fourth-order valence-electron chi connectivity index (χ4n) is 1.35. The summed E-state index contributed by atoms with van der Waals surface area (Å²) in [6, 6.07) is 5.74. The second-order valence-corrected chi connectivity index (χ2v) is 5.18. The monoisotopic (exact) mass is 284 g/mol. The Morgan fingerprint density at radius 3 is 2.87 bits per heavy atom. The summed E-state index contributed by atoms with van der Waals surface area (Å²) in [5.74, 6) is 1.54. The SMILES string of the molecule is Brc1nnc(-c2ccc3c(c2)OCO3)s1. The van der Waals surface area contributed by atoms with Crippen molar-refractivity contribution < 1.29 is 9.47 Å². The van der Waals surface area contributed by atoms with Crippen LogP contribution in [-0.2, 0) is 0 Å². The average Bonchev–Trinajstić information content (AvgIpc) is 2.84. The maximum atomic E-state index is 5.29. The average molecular weight is 285 g/mol. The van der Waals surface area contributed by atoms with Gasteiger partial charge in [0.2, 0.25) is 6.79 Å². The van der Waals surface area contributed by atoms with Gasteiger partial charge in [0.15, 0.2) is 15.4 Å². The zero-order chi connectivity index (χ0) is 10.3. The number of hydrogen-bond acceptors (Lipinski definition) is 5. The van der Waals surface area contributed by atoms with E-state index in [4.69, 9.17) is 9.47 Å². The Bertz CT molecular complexity index is 515. The number of benzene rings is 1. The molecular formula is C9H5BrN2O2S. The van der Waals surface area contributed by atoms with Crippen LogP contribution >= 0.6 is 27.3 Å². The third-order valence-corrected chi connectivity index (χ3v) is 3.42. The van der Waals surface area contributed by atoms with Gasteiger partial charge in [0.05, 0.1) is 0 Å². The van der Waals surface area contributed by atoms with E-state index >= 15 is 0 Å². The Balaban J connectivity index is 2.06. The summed E-state index contributed by atoms with van der Waals surface area (Å²) < 4.78 is 11.3. The number of rotatable bonds is 1. The molecule has 0 saturated heterocycles. The predicted octanol–water partition coefficient (Wildman–Crippen LogP) is 2.70. The topological polar surface area (TPSA) is 44.2 Å². The van der Waals surface area contributed by atoms with E-state index in [1.165, 1.54) is 11.3 Å². The highest BCUT2D eigenvalue weighted by atomic mass is 79.9. The minimum absolute atomic E-state index is 0.290. The fourth-order valence-corrected chi connectivity index (χ4v) is 2.46. The van der Waals surface area contributed by atoms with Gasteiger partial charge in [-0.1, -0.05) is 11.3 Å². The predicted molar refractivity (Wildman–Crippen MR) is 59.2 cm³/mol. The minimum atomic E-state index is 0.290. The lowest BCUT2D eigenvalue weighted by molar-refractivity contribution is 0.174. The van der Waals surface area contributed by atoms with E-state index in [9.17, 15) is 0 Å². The van der Waals surface area contributed by atoms with Crippen molar-refractivity contribution in [3.05, 3.63) is 22.1 Å². The highest BCUT2D eigenvalue weighted by Gasteiger charge is 2.15. The lowest BCUT2D eigenvalue weighted by Gasteiger charge is -1.97. The first kappa shape index (κ1) is 9.11. The van der Waals surface area contributed by atoms with E-state index in [-0.39, 0.29) is 0 Å². The molecule has 0 radical (unpaired) electrons. The minimum Gasteiger partial charge on any atom is -0.454 e. The summed E-state index contributed by atoms with van der Waals surface area (Å²) in [5.41, 5.74) is 0.988. The van der Waals surface area contributed by atoms with E-state index in [1.54, 1.807) is 0 Å². The molecule has 4 nitrogen and oxygen atoms in total. The zero-order valence-electron chi connectivity index (χ0n) is 7.44. The summed E-state index contributed by atoms with van der Waals surface area (Å²) in [6.45, 7) is 0.290. The number of ether oxygens (including phenoxy) is 2. The van der Waals surface area contributed by atoms with Crippen molar-refractivity contribution >= 4 is 27.3 Å². The molecule has 0 spiro atoms. The molecule has 0 atom stereocenters. The van der Waals surface area contributed by atoms with Crippen LogP contribution in [-0.4, -0.2) is 17.0 Å². The van der Waals surface area contributed by atoms with Crippen molar-refractivity contribution in [1.82, 2.24) is 10.2 Å². The Labute approximate surface area is 98.0 Å². The molecule has 15 heavy (non-hydrogen) atoms. The molecular weight excluding hydrogens is 280 g/mol. The molecule has 2 heterocycles. The van der Waals surface area contributed by atoms with E-state index in [2.05, 4.69) is 26.1 Å². The van der Waals surface area contributed by atoms with Gasteiger partial charge >= 0.3 is 0 Å². The lowest BCUT2D eigenvalue weighted by atomic mass is 10.2. The molecule has 1 aliphatic heterocycles. The van der Waals surface area contributed by atoms with Crippen LogP contribution in [0.1, 0.15) is 0 Å². The van der Waals surface area contributed by atoms with Crippen molar-refractivity contribution in [1.29, 1.82) is 0 Å². The molecule has 3 rings (SSSR count). The fraction of sp³-hybridized carbons (Fsp3) is 0.111. The second kappa shape index (κ2) is 3.46. The zero-order valence-corrected chi connectivity index (χ0v) is 9.84. The van der Waals surface area contributed by atoms with Crippen LogP contribution in [0, 0.1) is 0 Å². The van der Waals surface area contributed by atoms with Crippen LogP contribution in [0.3, 0.4) is 0 Å². The summed E-state index contributed by atoms with van der Waals surface area (Å²) in [5, 5.41) is 8.80. The van der Waals surface area contributed by atoms with Gasteiger partial charge in [0.25, 0.3) is 0 Å². The van der Waals surface area contributed by atoms with E-state index in [1.807, 2.05) is 18.2 Å². The van der Waals surface area contributed by atoms with Crippen LogP contribution in [0.4, 0.5) is 0 Å². The van der Waals surface area contributed by atoms with Crippen LogP contribution in [0.2, 0.25) is 0 Å². The first-order valence-corrected chi connectivity index (χ1v) is 5.83. The van der Waals surface area contributed by atoms with E-state index in [0.717, 1.165) is 26.0 Å². The molecule has 0 amide bonds. The van der Waals surface area contributed by atoms with Gasteiger partial charge < -0.3 is 9.47 Å². The van der Waals surface area contributed by atoms with Crippen molar-refractivity contribution in [2.75, 3.05) is 6.79 Å².